The minimum absolute atomic E-state index is 0. The Bertz CT molecular complexity index is 739. The summed E-state index contributed by atoms with van der Waals surface area (Å²) in [5.41, 5.74) is -0.445. The molecule has 0 unspecified atom stereocenters. The highest BCUT2D eigenvalue weighted by Gasteiger charge is 2.15. The highest BCUT2D eigenvalue weighted by molar-refractivity contribution is 14.0. The Morgan fingerprint density at radius 1 is 1.16 bits per heavy atom. The zero-order chi connectivity index (χ0) is 17.5. The third-order valence-corrected chi connectivity index (χ3v) is 2.96. The van der Waals surface area contributed by atoms with Crippen molar-refractivity contribution < 1.29 is 22.4 Å². The number of anilines is 1. The first kappa shape index (κ1) is 20.8. The second kappa shape index (κ2) is 9.91. The van der Waals surface area contributed by atoms with Gasteiger partial charge in [0.2, 0.25) is 5.91 Å². The Kier molecular flexibility index (Phi) is 8.25. The number of rotatable bonds is 5. The minimum atomic E-state index is -1.64. The highest BCUT2D eigenvalue weighted by atomic mass is 127. The van der Waals surface area contributed by atoms with Crippen LogP contribution >= 0.6 is 24.0 Å². The van der Waals surface area contributed by atoms with Crippen molar-refractivity contribution in [2.24, 2.45) is 4.99 Å². The Morgan fingerprint density at radius 2 is 1.92 bits per heavy atom. The van der Waals surface area contributed by atoms with Gasteiger partial charge in [0, 0.05) is 7.05 Å². The van der Waals surface area contributed by atoms with Gasteiger partial charge < -0.3 is 20.4 Å². The molecule has 1 heterocycles. The van der Waals surface area contributed by atoms with Crippen molar-refractivity contribution in [2.45, 2.75) is 6.54 Å². The summed E-state index contributed by atoms with van der Waals surface area (Å²) in [4.78, 5) is 15.7. The fourth-order valence-electron chi connectivity index (χ4n) is 1.79. The van der Waals surface area contributed by atoms with Crippen LogP contribution in [0.4, 0.5) is 18.9 Å². The van der Waals surface area contributed by atoms with Crippen LogP contribution in [0.25, 0.3) is 0 Å². The maximum Gasteiger partial charge on any atom is 0.243 e. The SMILES string of the molecule is CN=C(NCC(=O)Nc1ccc(F)c(F)c1F)NCc1ccco1.I. The fourth-order valence-corrected chi connectivity index (χ4v) is 1.79. The molecule has 3 N–H and O–H groups in total. The number of furan rings is 1. The number of halogens is 4. The fraction of sp³-hybridized carbons (Fsp3) is 0.200. The predicted molar refractivity (Wildman–Crippen MR) is 97.3 cm³/mol. The lowest BCUT2D eigenvalue weighted by atomic mass is 10.2. The molecule has 0 saturated heterocycles. The van der Waals surface area contributed by atoms with Crippen LogP contribution < -0.4 is 16.0 Å². The predicted octanol–water partition coefficient (Wildman–Crippen LogP) is 2.62. The number of amides is 1. The van der Waals surface area contributed by atoms with E-state index in [9.17, 15) is 18.0 Å². The van der Waals surface area contributed by atoms with Crippen molar-refractivity contribution in [2.75, 3.05) is 18.9 Å². The van der Waals surface area contributed by atoms with Crippen molar-refractivity contribution in [3.05, 3.63) is 53.7 Å². The number of hydrogen-bond donors (Lipinski definition) is 3. The molecule has 0 saturated carbocycles. The van der Waals surface area contributed by atoms with Gasteiger partial charge >= 0.3 is 0 Å². The van der Waals surface area contributed by atoms with Crippen LogP contribution in [0.1, 0.15) is 5.76 Å². The van der Waals surface area contributed by atoms with E-state index in [4.69, 9.17) is 4.42 Å². The number of carbonyl (C=O) groups excluding carboxylic acids is 1. The van der Waals surface area contributed by atoms with E-state index in [-0.39, 0.29) is 30.5 Å². The molecule has 0 aliphatic heterocycles. The lowest BCUT2D eigenvalue weighted by molar-refractivity contribution is -0.115. The van der Waals surface area contributed by atoms with Gasteiger partial charge in [0.05, 0.1) is 25.0 Å². The zero-order valence-corrected chi connectivity index (χ0v) is 15.4. The zero-order valence-electron chi connectivity index (χ0n) is 13.1. The molecule has 1 amide bonds. The van der Waals surface area contributed by atoms with E-state index < -0.39 is 29.0 Å². The Balaban J connectivity index is 0.00000312. The number of benzene rings is 1. The van der Waals surface area contributed by atoms with Gasteiger partial charge in [0.15, 0.2) is 23.4 Å². The summed E-state index contributed by atoms with van der Waals surface area (Å²) in [6.45, 7) is 0.0996. The smallest absolute Gasteiger partial charge is 0.243 e. The Hall–Kier alpha value is -2.24. The number of guanidine groups is 1. The van der Waals surface area contributed by atoms with E-state index in [0.717, 1.165) is 12.1 Å². The minimum Gasteiger partial charge on any atom is -0.467 e. The quantitative estimate of drug-likeness (QED) is 0.273. The molecule has 0 spiro atoms. The van der Waals surface area contributed by atoms with Gasteiger partial charge in [-0.05, 0) is 24.3 Å². The van der Waals surface area contributed by atoms with Crippen molar-refractivity contribution in [3.63, 3.8) is 0 Å². The van der Waals surface area contributed by atoms with Crippen LogP contribution in [-0.4, -0.2) is 25.5 Å². The van der Waals surface area contributed by atoms with Crippen molar-refractivity contribution in [3.8, 4) is 0 Å². The number of hydrogen-bond acceptors (Lipinski definition) is 3. The topological polar surface area (TPSA) is 78.7 Å². The van der Waals surface area contributed by atoms with E-state index >= 15 is 0 Å². The van der Waals surface area contributed by atoms with Gasteiger partial charge in [-0.3, -0.25) is 9.79 Å². The van der Waals surface area contributed by atoms with E-state index in [2.05, 4.69) is 20.9 Å². The standard InChI is InChI=1S/C15H15F3N4O2.HI/c1-19-15(20-7-9-3-2-6-24-9)21-8-12(23)22-11-5-4-10(16)13(17)14(11)18;/h2-6H,7-8H2,1H3,(H,22,23)(H2,19,20,21);1H. The van der Waals surface area contributed by atoms with E-state index in [1.807, 2.05) is 0 Å². The summed E-state index contributed by atoms with van der Waals surface area (Å²) < 4.78 is 44.5. The molecule has 10 heteroatoms. The molecule has 25 heavy (non-hydrogen) atoms. The maximum atomic E-state index is 13.5. The first-order chi connectivity index (χ1) is 11.5. The van der Waals surface area contributed by atoms with E-state index in [1.54, 1.807) is 12.1 Å². The second-order valence-electron chi connectivity index (χ2n) is 4.63. The molecule has 2 aromatic rings. The summed E-state index contributed by atoms with van der Waals surface area (Å²) in [7, 11) is 1.50. The highest BCUT2D eigenvalue weighted by Crippen LogP contribution is 2.19. The monoisotopic (exact) mass is 468 g/mol. The van der Waals surface area contributed by atoms with Gasteiger partial charge in [-0.2, -0.15) is 0 Å². The van der Waals surface area contributed by atoms with Crippen molar-refractivity contribution in [1.82, 2.24) is 10.6 Å². The lowest BCUT2D eigenvalue weighted by Gasteiger charge is -2.11. The van der Waals surface area contributed by atoms with Crippen molar-refractivity contribution in [1.29, 1.82) is 0 Å². The third-order valence-electron chi connectivity index (χ3n) is 2.96. The van der Waals surface area contributed by atoms with Gasteiger partial charge in [-0.1, -0.05) is 0 Å². The normalized spacial score (nSPS) is 10.8. The average Bonchev–Trinajstić information content (AvgIpc) is 3.09. The summed E-state index contributed by atoms with van der Waals surface area (Å²) in [5, 5.41) is 7.74. The van der Waals surface area contributed by atoms with Gasteiger partial charge in [0.25, 0.3) is 0 Å². The molecule has 2 rings (SSSR count). The molecule has 0 aliphatic carbocycles. The molecule has 0 atom stereocenters. The summed E-state index contributed by atoms with van der Waals surface area (Å²) in [6, 6.07) is 5.16. The van der Waals surface area contributed by atoms with Crippen LogP contribution in [0, 0.1) is 17.5 Å². The molecule has 0 radical (unpaired) electrons. The van der Waals surface area contributed by atoms with Crippen LogP contribution in [-0.2, 0) is 11.3 Å². The Morgan fingerprint density at radius 3 is 2.56 bits per heavy atom. The summed E-state index contributed by atoms with van der Waals surface area (Å²) in [5.74, 6) is -4.09. The number of nitrogens with zero attached hydrogens (tertiary/aromatic N) is 1. The molecular formula is C15H16F3IN4O2. The number of carbonyl (C=O) groups is 1. The van der Waals surface area contributed by atoms with Gasteiger partial charge in [-0.15, -0.1) is 24.0 Å². The molecule has 0 bridgehead atoms. The van der Waals surface area contributed by atoms with Crippen LogP contribution in [0.3, 0.4) is 0 Å². The first-order valence-electron chi connectivity index (χ1n) is 6.91. The number of aliphatic imine (C=N–C) groups is 1. The largest absolute Gasteiger partial charge is 0.467 e. The first-order valence-corrected chi connectivity index (χ1v) is 6.91. The lowest BCUT2D eigenvalue weighted by Crippen LogP contribution is -2.41. The van der Waals surface area contributed by atoms with Crippen molar-refractivity contribution >= 4 is 41.5 Å². The number of nitrogens with one attached hydrogen (secondary N) is 3. The average molecular weight is 468 g/mol. The second-order valence-corrected chi connectivity index (χ2v) is 4.63. The molecule has 136 valence electrons. The maximum absolute atomic E-state index is 13.5. The molecule has 6 nitrogen and oxygen atoms in total. The molecule has 1 aromatic heterocycles. The summed E-state index contributed by atoms with van der Waals surface area (Å²) >= 11 is 0. The van der Waals surface area contributed by atoms with Gasteiger partial charge in [-0.25, -0.2) is 13.2 Å². The molecule has 0 aliphatic rings. The molecule has 0 fully saturated rings. The van der Waals surface area contributed by atoms with Gasteiger partial charge in [0.1, 0.15) is 5.76 Å². The molecule has 1 aromatic carbocycles. The van der Waals surface area contributed by atoms with E-state index in [1.165, 1.54) is 13.3 Å². The van der Waals surface area contributed by atoms with Crippen LogP contribution in [0.2, 0.25) is 0 Å². The third kappa shape index (κ3) is 5.96. The van der Waals surface area contributed by atoms with E-state index in [0.29, 0.717) is 18.3 Å². The Labute approximate surface area is 158 Å². The van der Waals surface area contributed by atoms with Crippen LogP contribution in [0.15, 0.2) is 39.9 Å². The van der Waals surface area contributed by atoms with Crippen LogP contribution in [0.5, 0.6) is 0 Å². The summed E-state index contributed by atoms with van der Waals surface area (Å²) in [6.07, 6.45) is 1.52. The molecular weight excluding hydrogens is 452 g/mol.